The second-order valence-electron chi connectivity index (χ2n) is 5.14. The van der Waals surface area contributed by atoms with Crippen molar-refractivity contribution >= 4 is 22.1 Å². The third-order valence-electron chi connectivity index (χ3n) is 3.61. The van der Waals surface area contributed by atoms with Gasteiger partial charge in [-0.05, 0) is 47.5 Å². The number of ether oxygens (including phenoxy) is 1. The molecule has 0 bridgehead atoms. The number of aromatic hydroxyl groups is 1. The van der Waals surface area contributed by atoms with Gasteiger partial charge in [-0.25, -0.2) is 0 Å². The maximum absolute atomic E-state index is 10.1. The molecule has 0 radical (unpaired) electrons. The van der Waals surface area contributed by atoms with Crippen LogP contribution in [0.3, 0.4) is 0 Å². The smallest absolute Gasteiger partial charge is 0.145 e. The first-order chi connectivity index (χ1) is 11.0. The van der Waals surface area contributed by atoms with E-state index in [2.05, 4.69) is 25.9 Å². The first-order valence-corrected chi connectivity index (χ1v) is 7.92. The summed E-state index contributed by atoms with van der Waals surface area (Å²) in [5.41, 5.74) is 2.55. The molecule has 1 heterocycles. The van der Waals surface area contributed by atoms with Crippen LogP contribution in [-0.2, 0) is 6.61 Å². The van der Waals surface area contributed by atoms with Crippen LogP contribution in [0.5, 0.6) is 11.5 Å². The van der Waals surface area contributed by atoms with E-state index in [0.29, 0.717) is 16.8 Å². The predicted octanol–water partition coefficient (Wildman–Crippen LogP) is 3.54. The van der Waals surface area contributed by atoms with Gasteiger partial charge in [-0.15, -0.1) is 0 Å². The zero-order valence-electron chi connectivity index (χ0n) is 13.2. The fourth-order valence-corrected chi connectivity index (χ4v) is 2.70. The summed E-state index contributed by atoms with van der Waals surface area (Å²) in [6.45, 7) is 3.46. The van der Waals surface area contributed by atoms with Gasteiger partial charge >= 0.3 is 0 Å². The number of aliphatic imine (C=N–C) groups is 1. The van der Waals surface area contributed by atoms with Crippen molar-refractivity contribution in [1.29, 1.82) is 0 Å². The lowest BCUT2D eigenvalue weighted by Crippen LogP contribution is -1.99. The van der Waals surface area contributed by atoms with Gasteiger partial charge in [0.15, 0.2) is 0 Å². The number of halogens is 1. The van der Waals surface area contributed by atoms with Crippen LogP contribution in [0.25, 0.3) is 0 Å². The van der Waals surface area contributed by atoms with Crippen LogP contribution in [0.4, 0.5) is 0 Å². The van der Waals surface area contributed by atoms with Gasteiger partial charge in [0.05, 0.1) is 29.9 Å². The highest BCUT2D eigenvalue weighted by atomic mass is 79.9. The monoisotopic (exact) mass is 378 g/mol. The summed E-state index contributed by atoms with van der Waals surface area (Å²) < 4.78 is 6.07. The van der Waals surface area contributed by atoms with Crippen molar-refractivity contribution < 1.29 is 14.9 Å². The molecule has 0 aliphatic carbocycles. The SMILES string of the molecule is COc1ccc([C@@H](C)N=Cc2c(CO)cnc(C)c2O)cc1Br. The lowest BCUT2D eigenvalue weighted by Gasteiger charge is -2.11. The highest BCUT2D eigenvalue weighted by molar-refractivity contribution is 9.10. The number of aliphatic hydroxyl groups is 1. The van der Waals surface area contributed by atoms with Gasteiger partial charge in [-0.2, -0.15) is 0 Å². The number of benzene rings is 1. The van der Waals surface area contributed by atoms with Crippen molar-refractivity contribution in [3.63, 3.8) is 0 Å². The molecule has 0 aliphatic rings. The fraction of sp³-hybridized carbons (Fsp3) is 0.294. The van der Waals surface area contributed by atoms with E-state index >= 15 is 0 Å². The maximum atomic E-state index is 10.1. The molecule has 2 aromatic rings. The second-order valence-corrected chi connectivity index (χ2v) is 5.99. The molecule has 5 nitrogen and oxygen atoms in total. The predicted molar refractivity (Wildman–Crippen MR) is 93.3 cm³/mol. The Balaban J connectivity index is 2.30. The number of rotatable bonds is 5. The molecule has 0 spiro atoms. The zero-order valence-corrected chi connectivity index (χ0v) is 14.8. The quantitative estimate of drug-likeness (QED) is 0.780. The van der Waals surface area contributed by atoms with Gasteiger partial charge < -0.3 is 14.9 Å². The Hall–Kier alpha value is -1.92. The molecule has 0 aliphatic heterocycles. The molecular weight excluding hydrogens is 360 g/mol. The van der Waals surface area contributed by atoms with Crippen LogP contribution in [0.2, 0.25) is 0 Å². The summed E-state index contributed by atoms with van der Waals surface area (Å²) in [7, 11) is 1.62. The van der Waals surface area contributed by atoms with Crippen molar-refractivity contribution in [1.82, 2.24) is 4.98 Å². The number of methoxy groups -OCH3 is 1. The van der Waals surface area contributed by atoms with E-state index in [-0.39, 0.29) is 18.4 Å². The summed E-state index contributed by atoms with van der Waals surface area (Å²) in [5.74, 6) is 0.804. The molecular formula is C17H19BrN2O3. The molecule has 2 N–H and O–H groups in total. The van der Waals surface area contributed by atoms with E-state index in [1.807, 2.05) is 25.1 Å². The highest BCUT2D eigenvalue weighted by Crippen LogP contribution is 2.29. The molecule has 23 heavy (non-hydrogen) atoms. The van der Waals surface area contributed by atoms with Crippen molar-refractivity contribution in [3.05, 3.63) is 51.3 Å². The zero-order chi connectivity index (χ0) is 17.0. The van der Waals surface area contributed by atoms with E-state index in [0.717, 1.165) is 15.8 Å². The lowest BCUT2D eigenvalue weighted by molar-refractivity contribution is 0.280. The molecule has 0 unspecified atom stereocenters. The summed E-state index contributed by atoms with van der Waals surface area (Å²) in [6, 6.07) is 5.65. The van der Waals surface area contributed by atoms with Gasteiger partial charge in [0.1, 0.15) is 11.5 Å². The summed E-state index contributed by atoms with van der Waals surface area (Å²) in [4.78, 5) is 8.52. The lowest BCUT2D eigenvalue weighted by atomic mass is 10.1. The maximum Gasteiger partial charge on any atom is 0.145 e. The number of hydrogen-bond acceptors (Lipinski definition) is 5. The van der Waals surface area contributed by atoms with E-state index in [1.54, 1.807) is 26.4 Å². The molecule has 0 saturated carbocycles. The van der Waals surface area contributed by atoms with Crippen LogP contribution >= 0.6 is 15.9 Å². The Morgan fingerprint density at radius 1 is 1.43 bits per heavy atom. The Labute approximate surface area is 143 Å². The number of aliphatic hydroxyl groups excluding tert-OH is 1. The third-order valence-corrected chi connectivity index (χ3v) is 4.23. The third kappa shape index (κ3) is 3.89. The van der Waals surface area contributed by atoms with Crippen molar-refractivity contribution in [2.75, 3.05) is 7.11 Å². The minimum absolute atomic E-state index is 0.0448. The van der Waals surface area contributed by atoms with E-state index < -0.39 is 0 Å². The van der Waals surface area contributed by atoms with Crippen LogP contribution in [0.15, 0.2) is 33.9 Å². The minimum Gasteiger partial charge on any atom is -0.505 e. The first-order valence-electron chi connectivity index (χ1n) is 7.12. The Morgan fingerprint density at radius 3 is 2.78 bits per heavy atom. The molecule has 6 heteroatoms. The van der Waals surface area contributed by atoms with E-state index in [4.69, 9.17) is 4.74 Å². The number of pyridine rings is 1. The molecule has 1 aromatic heterocycles. The fourth-order valence-electron chi connectivity index (χ4n) is 2.14. The highest BCUT2D eigenvalue weighted by Gasteiger charge is 2.11. The van der Waals surface area contributed by atoms with Crippen molar-refractivity contribution in [2.24, 2.45) is 4.99 Å². The van der Waals surface area contributed by atoms with Gasteiger partial charge in [-0.3, -0.25) is 9.98 Å². The second kappa shape index (κ2) is 7.57. The number of aryl methyl sites for hydroxylation is 1. The first kappa shape index (κ1) is 17.4. The molecule has 1 aromatic carbocycles. The van der Waals surface area contributed by atoms with Crippen molar-refractivity contribution in [2.45, 2.75) is 26.5 Å². The van der Waals surface area contributed by atoms with Crippen LogP contribution in [0.1, 0.15) is 35.3 Å². The van der Waals surface area contributed by atoms with Crippen LogP contribution in [-0.4, -0.2) is 28.5 Å². The van der Waals surface area contributed by atoms with E-state index in [1.165, 1.54) is 0 Å². The average Bonchev–Trinajstić information content (AvgIpc) is 2.55. The normalized spacial score (nSPS) is 12.6. The van der Waals surface area contributed by atoms with Gasteiger partial charge in [0.25, 0.3) is 0 Å². The van der Waals surface area contributed by atoms with Gasteiger partial charge in [0, 0.05) is 23.5 Å². The van der Waals surface area contributed by atoms with Crippen LogP contribution in [0, 0.1) is 6.92 Å². The van der Waals surface area contributed by atoms with Gasteiger partial charge in [0.2, 0.25) is 0 Å². The number of hydrogen-bond donors (Lipinski definition) is 2. The van der Waals surface area contributed by atoms with Crippen molar-refractivity contribution in [3.8, 4) is 11.5 Å². The molecule has 1 atom stereocenters. The number of nitrogens with zero attached hydrogens (tertiary/aromatic N) is 2. The van der Waals surface area contributed by atoms with E-state index in [9.17, 15) is 10.2 Å². The topological polar surface area (TPSA) is 74.9 Å². The Kier molecular flexibility index (Phi) is 5.74. The standard InChI is InChI=1S/C17H19BrN2O3/c1-10(12-4-5-16(23-3)15(18)6-12)20-8-14-13(9-21)7-19-11(2)17(14)22/h4-8,10,21-22H,9H2,1-3H3/t10-/m1/s1. The number of aromatic nitrogens is 1. The Morgan fingerprint density at radius 2 is 2.17 bits per heavy atom. The molecule has 2 rings (SSSR count). The van der Waals surface area contributed by atoms with Crippen LogP contribution < -0.4 is 4.74 Å². The molecule has 0 amide bonds. The summed E-state index contributed by atoms with van der Waals surface area (Å²) in [5, 5.41) is 19.5. The largest absolute Gasteiger partial charge is 0.505 e. The summed E-state index contributed by atoms with van der Waals surface area (Å²) >= 11 is 3.46. The minimum atomic E-state index is -0.204. The average molecular weight is 379 g/mol. The molecule has 122 valence electrons. The molecule has 0 fully saturated rings. The van der Waals surface area contributed by atoms with Gasteiger partial charge in [-0.1, -0.05) is 6.07 Å². The Bertz CT molecular complexity index is 732. The summed E-state index contributed by atoms with van der Waals surface area (Å²) in [6.07, 6.45) is 3.13. The molecule has 0 saturated heterocycles.